The van der Waals surface area contributed by atoms with E-state index < -0.39 is 0 Å². The third-order valence-corrected chi connectivity index (χ3v) is 5.06. The number of aromatic nitrogens is 2. The number of carbonyl (C=O) groups excluding carboxylic acids is 1. The van der Waals surface area contributed by atoms with Crippen molar-refractivity contribution in [1.82, 2.24) is 9.55 Å². The third-order valence-electron chi connectivity index (χ3n) is 3.95. The molecule has 5 nitrogen and oxygen atoms in total. The molecule has 0 aliphatic carbocycles. The standard InChI is InChI=1S/C19H21N3O2S/c1-4-22-17-8-6-5-7-16(17)20-19(22)21-18(23)13(2)25-15-11-9-14(24-3)10-12-15/h5-13H,4H2,1-3H3,(H,20,21,23). The van der Waals surface area contributed by atoms with E-state index in [0.29, 0.717) is 5.95 Å². The Morgan fingerprint density at radius 2 is 1.96 bits per heavy atom. The summed E-state index contributed by atoms with van der Waals surface area (Å²) in [5, 5.41) is 2.72. The van der Waals surface area contributed by atoms with Gasteiger partial charge in [0.15, 0.2) is 0 Å². The summed E-state index contributed by atoms with van der Waals surface area (Å²) in [7, 11) is 1.64. The lowest BCUT2D eigenvalue weighted by atomic mass is 10.3. The van der Waals surface area contributed by atoms with Gasteiger partial charge in [0.05, 0.1) is 23.4 Å². The third kappa shape index (κ3) is 3.79. The van der Waals surface area contributed by atoms with Gasteiger partial charge in [0.2, 0.25) is 11.9 Å². The number of ether oxygens (including phenoxy) is 1. The minimum atomic E-state index is -0.237. The van der Waals surface area contributed by atoms with Gasteiger partial charge in [0.25, 0.3) is 0 Å². The highest BCUT2D eigenvalue weighted by molar-refractivity contribution is 8.00. The molecule has 0 saturated carbocycles. The van der Waals surface area contributed by atoms with Crippen LogP contribution in [0.2, 0.25) is 0 Å². The van der Waals surface area contributed by atoms with Crippen LogP contribution in [0.4, 0.5) is 5.95 Å². The fraction of sp³-hybridized carbons (Fsp3) is 0.263. The topological polar surface area (TPSA) is 56.2 Å². The SMILES string of the molecule is CCn1c(NC(=O)C(C)Sc2ccc(OC)cc2)nc2ccccc21. The van der Waals surface area contributed by atoms with E-state index in [9.17, 15) is 4.79 Å². The molecular formula is C19H21N3O2S. The van der Waals surface area contributed by atoms with E-state index in [4.69, 9.17) is 4.74 Å². The number of aryl methyl sites for hydroxylation is 1. The van der Waals surface area contributed by atoms with Crippen LogP contribution in [-0.4, -0.2) is 27.8 Å². The zero-order valence-corrected chi connectivity index (χ0v) is 15.3. The summed E-state index contributed by atoms with van der Waals surface area (Å²) in [6.45, 7) is 4.68. The Morgan fingerprint density at radius 1 is 1.24 bits per heavy atom. The second kappa shape index (κ2) is 7.61. The number of carbonyl (C=O) groups is 1. The predicted octanol–water partition coefficient (Wildman–Crippen LogP) is 4.18. The number of anilines is 1. The Morgan fingerprint density at radius 3 is 2.64 bits per heavy atom. The van der Waals surface area contributed by atoms with Gasteiger partial charge in [-0.2, -0.15) is 0 Å². The number of methoxy groups -OCH3 is 1. The molecule has 25 heavy (non-hydrogen) atoms. The second-order valence-electron chi connectivity index (χ2n) is 5.59. The first-order valence-electron chi connectivity index (χ1n) is 8.19. The molecule has 1 amide bonds. The van der Waals surface area contributed by atoms with E-state index in [-0.39, 0.29) is 11.2 Å². The van der Waals surface area contributed by atoms with Crippen LogP contribution in [0.3, 0.4) is 0 Å². The molecule has 1 unspecified atom stereocenters. The van der Waals surface area contributed by atoms with Crippen molar-refractivity contribution in [2.24, 2.45) is 0 Å². The number of rotatable bonds is 6. The molecule has 1 heterocycles. The van der Waals surface area contributed by atoms with E-state index in [1.165, 1.54) is 11.8 Å². The molecule has 130 valence electrons. The highest BCUT2D eigenvalue weighted by Crippen LogP contribution is 2.26. The van der Waals surface area contributed by atoms with Crippen molar-refractivity contribution in [2.45, 2.75) is 30.5 Å². The first-order valence-corrected chi connectivity index (χ1v) is 9.07. The van der Waals surface area contributed by atoms with Gasteiger partial charge in [-0.15, -0.1) is 11.8 Å². The zero-order chi connectivity index (χ0) is 17.8. The fourth-order valence-electron chi connectivity index (χ4n) is 2.61. The van der Waals surface area contributed by atoms with Crippen LogP contribution < -0.4 is 10.1 Å². The van der Waals surface area contributed by atoms with Crippen LogP contribution in [0.1, 0.15) is 13.8 Å². The first kappa shape index (κ1) is 17.4. The average molecular weight is 355 g/mol. The number of hydrogen-bond acceptors (Lipinski definition) is 4. The molecule has 0 aliphatic heterocycles. The first-order chi connectivity index (χ1) is 12.1. The van der Waals surface area contributed by atoms with Crippen LogP contribution in [0, 0.1) is 0 Å². The Hall–Kier alpha value is -2.47. The van der Waals surface area contributed by atoms with Gasteiger partial charge in [-0.3, -0.25) is 10.1 Å². The van der Waals surface area contributed by atoms with Crippen LogP contribution in [0.5, 0.6) is 5.75 Å². The summed E-state index contributed by atoms with van der Waals surface area (Å²) in [6, 6.07) is 15.6. The fourth-order valence-corrected chi connectivity index (χ4v) is 3.48. The van der Waals surface area contributed by atoms with E-state index in [0.717, 1.165) is 28.2 Å². The van der Waals surface area contributed by atoms with Gasteiger partial charge in [0, 0.05) is 11.4 Å². The zero-order valence-electron chi connectivity index (χ0n) is 14.5. The molecule has 1 atom stereocenters. The number of thioether (sulfide) groups is 1. The maximum Gasteiger partial charge on any atom is 0.239 e. The summed E-state index contributed by atoms with van der Waals surface area (Å²) in [5.74, 6) is 1.33. The molecule has 0 bridgehead atoms. The lowest BCUT2D eigenvalue weighted by Gasteiger charge is -2.13. The number of fused-ring (bicyclic) bond motifs is 1. The van der Waals surface area contributed by atoms with Crippen molar-refractivity contribution in [1.29, 1.82) is 0 Å². The van der Waals surface area contributed by atoms with Gasteiger partial charge >= 0.3 is 0 Å². The normalized spacial score (nSPS) is 12.1. The van der Waals surface area contributed by atoms with Crippen LogP contribution in [0.25, 0.3) is 11.0 Å². The molecule has 1 N–H and O–H groups in total. The molecule has 0 saturated heterocycles. The minimum Gasteiger partial charge on any atom is -0.497 e. The van der Waals surface area contributed by atoms with Gasteiger partial charge in [-0.05, 0) is 50.2 Å². The molecule has 1 aromatic heterocycles. The smallest absolute Gasteiger partial charge is 0.239 e. The lowest BCUT2D eigenvalue weighted by Crippen LogP contribution is -2.24. The number of benzene rings is 2. The van der Waals surface area contributed by atoms with Crippen LogP contribution >= 0.6 is 11.8 Å². The molecule has 0 aliphatic rings. The number of imidazole rings is 1. The van der Waals surface area contributed by atoms with E-state index in [1.807, 2.05) is 66.9 Å². The predicted molar refractivity (Wildman–Crippen MR) is 102 cm³/mol. The molecule has 6 heteroatoms. The Kier molecular flexibility index (Phi) is 5.28. The van der Waals surface area contributed by atoms with Crippen molar-refractivity contribution in [3.63, 3.8) is 0 Å². The van der Waals surface area contributed by atoms with Gasteiger partial charge in [-0.1, -0.05) is 12.1 Å². The van der Waals surface area contributed by atoms with Crippen molar-refractivity contribution < 1.29 is 9.53 Å². The van der Waals surface area contributed by atoms with E-state index in [2.05, 4.69) is 10.3 Å². The van der Waals surface area contributed by atoms with Crippen LogP contribution in [-0.2, 0) is 11.3 Å². The summed E-state index contributed by atoms with van der Waals surface area (Å²) >= 11 is 1.51. The number of nitrogens with one attached hydrogen (secondary N) is 1. The number of nitrogens with zero attached hydrogens (tertiary/aromatic N) is 2. The van der Waals surface area contributed by atoms with E-state index >= 15 is 0 Å². The highest BCUT2D eigenvalue weighted by Gasteiger charge is 2.18. The Labute approximate surface area is 151 Å². The number of amides is 1. The number of hydrogen-bond donors (Lipinski definition) is 1. The molecule has 0 fully saturated rings. The van der Waals surface area contributed by atoms with Crippen molar-refractivity contribution in [3.8, 4) is 5.75 Å². The molecule has 0 spiro atoms. The van der Waals surface area contributed by atoms with Gasteiger partial charge in [0.1, 0.15) is 5.75 Å². The summed E-state index contributed by atoms with van der Waals surface area (Å²) < 4.78 is 7.17. The molecular weight excluding hydrogens is 334 g/mol. The maximum atomic E-state index is 12.6. The molecule has 3 aromatic rings. The molecule has 2 aromatic carbocycles. The molecule has 3 rings (SSSR count). The van der Waals surface area contributed by atoms with Crippen molar-refractivity contribution >= 4 is 34.7 Å². The number of para-hydroxylation sites is 2. The van der Waals surface area contributed by atoms with Gasteiger partial charge in [-0.25, -0.2) is 4.98 Å². The summed E-state index contributed by atoms with van der Waals surface area (Å²) in [6.07, 6.45) is 0. The van der Waals surface area contributed by atoms with Crippen molar-refractivity contribution in [2.75, 3.05) is 12.4 Å². The van der Waals surface area contributed by atoms with Gasteiger partial charge < -0.3 is 9.30 Å². The second-order valence-corrected chi connectivity index (χ2v) is 7.01. The monoisotopic (exact) mass is 355 g/mol. The lowest BCUT2D eigenvalue weighted by molar-refractivity contribution is -0.115. The minimum absolute atomic E-state index is 0.0641. The Balaban J connectivity index is 1.72. The summed E-state index contributed by atoms with van der Waals surface area (Å²) in [4.78, 5) is 18.1. The molecule has 0 radical (unpaired) electrons. The average Bonchev–Trinajstić information content (AvgIpc) is 2.99. The quantitative estimate of drug-likeness (QED) is 0.674. The summed E-state index contributed by atoms with van der Waals surface area (Å²) in [5.41, 5.74) is 1.91. The maximum absolute atomic E-state index is 12.6. The van der Waals surface area contributed by atoms with E-state index in [1.54, 1.807) is 7.11 Å². The van der Waals surface area contributed by atoms with Crippen molar-refractivity contribution in [3.05, 3.63) is 48.5 Å². The largest absolute Gasteiger partial charge is 0.497 e. The van der Waals surface area contributed by atoms with Crippen LogP contribution in [0.15, 0.2) is 53.4 Å². The Bertz CT molecular complexity index is 874. The highest BCUT2D eigenvalue weighted by atomic mass is 32.2.